The summed E-state index contributed by atoms with van der Waals surface area (Å²) < 4.78 is 14.5. The van der Waals surface area contributed by atoms with E-state index < -0.39 is 10.7 Å². The zero-order valence-electron chi connectivity index (χ0n) is 8.92. The summed E-state index contributed by atoms with van der Waals surface area (Å²) in [6.45, 7) is 0. The van der Waals surface area contributed by atoms with Crippen LogP contribution in [-0.4, -0.2) is 14.7 Å². The summed E-state index contributed by atoms with van der Waals surface area (Å²) in [7, 11) is 1.67. The van der Waals surface area contributed by atoms with Crippen molar-refractivity contribution in [2.75, 3.05) is 5.32 Å². The Labute approximate surface area is 95.8 Å². The second-order valence-electron chi connectivity index (χ2n) is 3.38. The lowest BCUT2D eigenvalue weighted by atomic mass is 10.2. The average molecular weight is 236 g/mol. The molecule has 0 aliphatic rings. The lowest BCUT2D eigenvalue weighted by Gasteiger charge is -2.06. The first-order valence-corrected chi connectivity index (χ1v) is 4.77. The molecule has 1 aromatic carbocycles. The number of anilines is 2. The Morgan fingerprint density at radius 1 is 1.47 bits per heavy atom. The third kappa shape index (κ3) is 2.22. The number of aromatic nitrogens is 2. The van der Waals surface area contributed by atoms with Crippen molar-refractivity contribution in [3.05, 3.63) is 46.4 Å². The summed E-state index contributed by atoms with van der Waals surface area (Å²) in [5.41, 5.74) is -0.0915. The van der Waals surface area contributed by atoms with Gasteiger partial charge in [0.05, 0.1) is 11.1 Å². The molecule has 17 heavy (non-hydrogen) atoms. The molecule has 0 saturated carbocycles. The van der Waals surface area contributed by atoms with E-state index in [1.165, 1.54) is 10.9 Å². The van der Waals surface area contributed by atoms with Gasteiger partial charge >= 0.3 is 0 Å². The van der Waals surface area contributed by atoms with Crippen molar-refractivity contribution in [3.63, 3.8) is 0 Å². The SMILES string of the molecule is Cn1nccc1Nc1cc(F)ccc1[N+](=O)[O-]. The van der Waals surface area contributed by atoms with Crippen LogP contribution in [0.2, 0.25) is 0 Å². The molecule has 1 aromatic heterocycles. The molecule has 1 heterocycles. The lowest BCUT2D eigenvalue weighted by Crippen LogP contribution is -2.02. The second-order valence-corrected chi connectivity index (χ2v) is 3.38. The molecular weight excluding hydrogens is 227 g/mol. The van der Waals surface area contributed by atoms with Gasteiger partial charge in [-0.15, -0.1) is 0 Å². The fourth-order valence-electron chi connectivity index (χ4n) is 1.40. The Morgan fingerprint density at radius 3 is 2.82 bits per heavy atom. The van der Waals surface area contributed by atoms with Crippen LogP contribution in [-0.2, 0) is 7.05 Å². The van der Waals surface area contributed by atoms with E-state index in [4.69, 9.17) is 0 Å². The van der Waals surface area contributed by atoms with Crippen molar-refractivity contribution >= 4 is 17.2 Å². The van der Waals surface area contributed by atoms with Gasteiger partial charge < -0.3 is 5.32 Å². The van der Waals surface area contributed by atoms with Gasteiger partial charge in [-0.25, -0.2) is 4.39 Å². The van der Waals surface area contributed by atoms with Crippen molar-refractivity contribution in [1.82, 2.24) is 9.78 Å². The Balaban J connectivity index is 2.41. The molecule has 0 bridgehead atoms. The minimum absolute atomic E-state index is 0.0959. The van der Waals surface area contributed by atoms with Crippen molar-refractivity contribution in [3.8, 4) is 0 Å². The molecule has 0 aliphatic carbocycles. The summed E-state index contributed by atoms with van der Waals surface area (Å²) in [5, 5.41) is 17.4. The van der Waals surface area contributed by atoms with Gasteiger partial charge in [-0.1, -0.05) is 0 Å². The largest absolute Gasteiger partial charge is 0.335 e. The van der Waals surface area contributed by atoms with E-state index >= 15 is 0 Å². The summed E-state index contributed by atoms with van der Waals surface area (Å²) in [5.74, 6) is -0.000955. The first-order valence-electron chi connectivity index (χ1n) is 4.77. The number of halogens is 1. The number of hydrogen-bond donors (Lipinski definition) is 1. The van der Waals surface area contributed by atoms with Crippen LogP contribution >= 0.6 is 0 Å². The van der Waals surface area contributed by atoms with Crippen LogP contribution in [0.1, 0.15) is 0 Å². The van der Waals surface area contributed by atoms with E-state index in [0.29, 0.717) is 5.82 Å². The van der Waals surface area contributed by atoms with Crippen LogP contribution < -0.4 is 5.32 Å². The quantitative estimate of drug-likeness (QED) is 0.655. The number of nitro benzene ring substituents is 1. The third-order valence-electron chi connectivity index (χ3n) is 2.24. The van der Waals surface area contributed by atoms with Crippen LogP contribution in [0.25, 0.3) is 0 Å². The highest BCUT2D eigenvalue weighted by Crippen LogP contribution is 2.27. The van der Waals surface area contributed by atoms with Crippen molar-refractivity contribution in [1.29, 1.82) is 0 Å². The molecule has 88 valence electrons. The minimum atomic E-state index is -0.571. The smallest absolute Gasteiger partial charge is 0.292 e. The van der Waals surface area contributed by atoms with E-state index in [9.17, 15) is 14.5 Å². The molecule has 0 saturated heterocycles. The standard InChI is InChI=1S/C10H9FN4O2/c1-14-10(4-5-12-14)13-8-6-7(11)2-3-9(8)15(16)17/h2-6,13H,1H3. The number of nitrogens with one attached hydrogen (secondary N) is 1. The second kappa shape index (κ2) is 4.20. The maximum Gasteiger partial charge on any atom is 0.292 e. The first-order chi connectivity index (χ1) is 8.08. The first kappa shape index (κ1) is 11.1. The zero-order chi connectivity index (χ0) is 12.4. The molecule has 0 amide bonds. The van der Waals surface area contributed by atoms with E-state index in [1.54, 1.807) is 13.1 Å². The van der Waals surface area contributed by atoms with Crippen molar-refractivity contribution in [2.45, 2.75) is 0 Å². The van der Waals surface area contributed by atoms with Gasteiger partial charge in [0.15, 0.2) is 0 Å². The Hall–Kier alpha value is -2.44. The maximum absolute atomic E-state index is 13.1. The van der Waals surface area contributed by atoms with Crippen LogP contribution in [0.3, 0.4) is 0 Å². The molecule has 0 radical (unpaired) electrons. The summed E-state index contributed by atoms with van der Waals surface area (Å²) in [6, 6.07) is 4.88. The van der Waals surface area contributed by atoms with Gasteiger partial charge in [-0.05, 0) is 6.07 Å². The highest BCUT2D eigenvalue weighted by atomic mass is 19.1. The number of aryl methyl sites for hydroxylation is 1. The zero-order valence-corrected chi connectivity index (χ0v) is 8.92. The maximum atomic E-state index is 13.1. The van der Waals surface area contributed by atoms with Crippen LogP contribution in [0.4, 0.5) is 21.6 Å². The molecule has 2 rings (SSSR count). The van der Waals surface area contributed by atoms with Crippen molar-refractivity contribution < 1.29 is 9.31 Å². The normalized spacial score (nSPS) is 10.2. The number of benzene rings is 1. The van der Waals surface area contributed by atoms with Crippen molar-refractivity contribution in [2.24, 2.45) is 7.05 Å². The summed E-state index contributed by atoms with van der Waals surface area (Å²) >= 11 is 0. The van der Waals surface area contributed by atoms with E-state index in [-0.39, 0.29) is 11.4 Å². The van der Waals surface area contributed by atoms with Crippen LogP contribution in [0, 0.1) is 15.9 Å². The molecule has 0 unspecified atom stereocenters. The van der Waals surface area contributed by atoms with Gasteiger partial charge in [0, 0.05) is 25.2 Å². The number of nitrogens with zero attached hydrogens (tertiary/aromatic N) is 3. The fraction of sp³-hybridized carbons (Fsp3) is 0.100. The predicted octanol–water partition coefficient (Wildman–Crippen LogP) is 2.21. The van der Waals surface area contributed by atoms with Gasteiger partial charge in [0.1, 0.15) is 17.3 Å². The van der Waals surface area contributed by atoms with Gasteiger partial charge in [0.25, 0.3) is 5.69 Å². The van der Waals surface area contributed by atoms with Gasteiger partial charge in [0.2, 0.25) is 0 Å². The average Bonchev–Trinajstić information content (AvgIpc) is 2.64. The van der Waals surface area contributed by atoms with E-state index in [1.807, 2.05) is 0 Å². The number of rotatable bonds is 3. The number of hydrogen-bond acceptors (Lipinski definition) is 4. The van der Waals surface area contributed by atoms with Gasteiger partial charge in [-0.2, -0.15) is 5.10 Å². The minimum Gasteiger partial charge on any atom is -0.335 e. The van der Waals surface area contributed by atoms with Gasteiger partial charge in [-0.3, -0.25) is 14.8 Å². The molecular formula is C10H9FN4O2. The highest BCUT2D eigenvalue weighted by Gasteiger charge is 2.15. The molecule has 7 heteroatoms. The molecule has 0 aliphatic heterocycles. The Morgan fingerprint density at radius 2 is 2.24 bits per heavy atom. The predicted molar refractivity (Wildman–Crippen MR) is 59.5 cm³/mol. The molecule has 0 atom stereocenters. The molecule has 2 aromatic rings. The summed E-state index contributed by atoms with van der Waals surface area (Å²) in [6.07, 6.45) is 1.54. The van der Waals surface area contributed by atoms with Crippen LogP contribution in [0.5, 0.6) is 0 Å². The fourth-order valence-corrected chi connectivity index (χ4v) is 1.40. The molecule has 0 spiro atoms. The third-order valence-corrected chi connectivity index (χ3v) is 2.24. The van der Waals surface area contributed by atoms with E-state index in [0.717, 1.165) is 18.2 Å². The number of nitro groups is 1. The topological polar surface area (TPSA) is 73.0 Å². The lowest BCUT2D eigenvalue weighted by molar-refractivity contribution is -0.384. The van der Waals surface area contributed by atoms with E-state index in [2.05, 4.69) is 10.4 Å². The van der Waals surface area contributed by atoms with Crippen LogP contribution in [0.15, 0.2) is 30.5 Å². The highest BCUT2D eigenvalue weighted by molar-refractivity contribution is 5.67. The molecule has 1 N–H and O–H groups in total. The Bertz CT molecular complexity index is 567. The summed E-state index contributed by atoms with van der Waals surface area (Å²) in [4.78, 5) is 10.2. The monoisotopic (exact) mass is 236 g/mol. The Kier molecular flexibility index (Phi) is 2.73. The molecule has 0 fully saturated rings. The molecule has 6 nitrogen and oxygen atoms in total.